The predicted molar refractivity (Wildman–Crippen MR) is 73.0 cm³/mol. The second-order valence-electron chi connectivity index (χ2n) is 4.04. The first-order valence-electron chi connectivity index (χ1n) is 6.69. The summed E-state index contributed by atoms with van der Waals surface area (Å²) in [5.74, 6) is 0.563. The number of rotatable bonds is 9. The van der Waals surface area contributed by atoms with Crippen LogP contribution >= 0.6 is 0 Å². The Morgan fingerprint density at radius 3 is 2.95 bits per heavy atom. The first kappa shape index (κ1) is 15.4. The molecule has 1 rings (SSSR count). The van der Waals surface area contributed by atoms with Gasteiger partial charge in [-0.25, -0.2) is 4.98 Å². The molecule has 0 bridgehead atoms. The van der Waals surface area contributed by atoms with Crippen LogP contribution in [-0.2, 0) is 16.1 Å². The topological polar surface area (TPSA) is 60.5 Å². The zero-order valence-electron chi connectivity index (χ0n) is 11.6. The number of pyridine rings is 1. The molecular weight excluding hydrogens is 244 g/mol. The Kier molecular flexibility index (Phi) is 7.58. The highest BCUT2D eigenvalue weighted by Crippen LogP contribution is 2.14. The molecule has 0 saturated carbocycles. The zero-order valence-corrected chi connectivity index (χ0v) is 11.6. The maximum atomic E-state index is 11.6. The van der Waals surface area contributed by atoms with Crippen LogP contribution in [-0.4, -0.2) is 30.7 Å². The Morgan fingerprint density at radius 2 is 2.21 bits per heavy atom. The van der Waals surface area contributed by atoms with E-state index in [1.807, 2.05) is 26.0 Å². The molecule has 19 heavy (non-hydrogen) atoms. The van der Waals surface area contributed by atoms with Gasteiger partial charge in [0.15, 0.2) is 0 Å². The van der Waals surface area contributed by atoms with Gasteiger partial charge >= 0.3 is 0 Å². The van der Waals surface area contributed by atoms with E-state index in [4.69, 9.17) is 9.47 Å². The fourth-order valence-electron chi connectivity index (χ4n) is 1.48. The number of nitrogens with zero attached hydrogens (tertiary/aromatic N) is 1. The van der Waals surface area contributed by atoms with Crippen LogP contribution in [0.25, 0.3) is 0 Å². The minimum atomic E-state index is -0.0289. The molecule has 0 spiro atoms. The number of amides is 1. The summed E-state index contributed by atoms with van der Waals surface area (Å²) in [6.45, 7) is 6.09. The second-order valence-corrected chi connectivity index (χ2v) is 4.04. The van der Waals surface area contributed by atoms with Crippen LogP contribution in [0.4, 0.5) is 0 Å². The van der Waals surface area contributed by atoms with Crippen LogP contribution in [0, 0.1) is 0 Å². The summed E-state index contributed by atoms with van der Waals surface area (Å²) in [5, 5.41) is 2.84. The Hall–Kier alpha value is -1.62. The van der Waals surface area contributed by atoms with Gasteiger partial charge in [0, 0.05) is 31.3 Å². The van der Waals surface area contributed by atoms with Gasteiger partial charge in [-0.1, -0.05) is 13.0 Å². The third-order valence-corrected chi connectivity index (χ3v) is 2.45. The van der Waals surface area contributed by atoms with Gasteiger partial charge in [-0.3, -0.25) is 4.79 Å². The van der Waals surface area contributed by atoms with Gasteiger partial charge < -0.3 is 14.8 Å². The van der Waals surface area contributed by atoms with Crippen LogP contribution in [0.5, 0.6) is 5.88 Å². The number of hydrogen-bond donors (Lipinski definition) is 1. The smallest absolute Gasteiger partial charge is 0.222 e. The lowest BCUT2D eigenvalue weighted by atomic mass is 10.2. The van der Waals surface area contributed by atoms with Crippen molar-refractivity contribution in [2.45, 2.75) is 33.2 Å². The lowest BCUT2D eigenvalue weighted by Gasteiger charge is -2.10. The van der Waals surface area contributed by atoms with Crippen molar-refractivity contribution in [1.29, 1.82) is 0 Å². The third kappa shape index (κ3) is 6.20. The van der Waals surface area contributed by atoms with Gasteiger partial charge in [0.25, 0.3) is 0 Å². The molecule has 5 heteroatoms. The monoisotopic (exact) mass is 266 g/mol. The van der Waals surface area contributed by atoms with Crippen LogP contribution in [0.15, 0.2) is 18.3 Å². The number of carbonyl (C=O) groups is 1. The van der Waals surface area contributed by atoms with Crippen molar-refractivity contribution in [2.24, 2.45) is 0 Å². The summed E-state index contributed by atoms with van der Waals surface area (Å²) in [7, 11) is 0. The molecule has 5 nitrogen and oxygen atoms in total. The van der Waals surface area contributed by atoms with E-state index >= 15 is 0 Å². The van der Waals surface area contributed by atoms with E-state index < -0.39 is 0 Å². The molecule has 1 aromatic rings. The van der Waals surface area contributed by atoms with E-state index in [-0.39, 0.29) is 5.91 Å². The van der Waals surface area contributed by atoms with Crippen molar-refractivity contribution in [2.75, 3.05) is 19.8 Å². The maximum Gasteiger partial charge on any atom is 0.222 e. The van der Waals surface area contributed by atoms with Crippen molar-refractivity contribution >= 4 is 5.91 Å². The van der Waals surface area contributed by atoms with Crippen LogP contribution in [0.1, 0.15) is 32.3 Å². The van der Waals surface area contributed by atoms with Gasteiger partial charge in [-0.15, -0.1) is 0 Å². The largest absolute Gasteiger partial charge is 0.477 e. The molecule has 0 aliphatic carbocycles. The van der Waals surface area contributed by atoms with Crippen LogP contribution in [0.3, 0.4) is 0 Å². The highest BCUT2D eigenvalue weighted by atomic mass is 16.5. The molecule has 0 aliphatic heterocycles. The average Bonchev–Trinajstić information content (AvgIpc) is 2.44. The molecule has 0 saturated heterocycles. The molecular formula is C14H22N2O3. The molecule has 1 amide bonds. The summed E-state index contributed by atoms with van der Waals surface area (Å²) in [4.78, 5) is 15.7. The molecule has 1 heterocycles. The van der Waals surface area contributed by atoms with Gasteiger partial charge in [0.1, 0.15) is 0 Å². The van der Waals surface area contributed by atoms with Crippen molar-refractivity contribution in [1.82, 2.24) is 10.3 Å². The molecule has 0 fully saturated rings. The average molecular weight is 266 g/mol. The molecule has 0 atom stereocenters. The number of carbonyl (C=O) groups excluding carboxylic acids is 1. The van der Waals surface area contributed by atoms with Gasteiger partial charge in [0.05, 0.1) is 13.2 Å². The molecule has 1 aromatic heterocycles. The Morgan fingerprint density at radius 1 is 1.37 bits per heavy atom. The zero-order chi connectivity index (χ0) is 13.9. The van der Waals surface area contributed by atoms with E-state index in [1.165, 1.54) is 0 Å². The van der Waals surface area contributed by atoms with E-state index in [2.05, 4.69) is 10.3 Å². The lowest BCUT2D eigenvalue weighted by Crippen LogP contribution is -2.24. The van der Waals surface area contributed by atoms with Gasteiger partial charge in [-0.05, 0) is 19.4 Å². The van der Waals surface area contributed by atoms with Crippen molar-refractivity contribution in [3.05, 3.63) is 23.9 Å². The summed E-state index contributed by atoms with van der Waals surface area (Å²) >= 11 is 0. The lowest BCUT2D eigenvalue weighted by molar-refractivity contribution is -0.122. The number of nitrogens with one attached hydrogen (secondary N) is 1. The Bertz CT molecular complexity index is 383. The summed E-state index contributed by atoms with van der Waals surface area (Å²) in [6.07, 6.45) is 2.99. The molecule has 0 aromatic carbocycles. The molecule has 1 N–H and O–H groups in total. The summed E-state index contributed by atoms with van der Waals surface area (Å²) in [5.41, 5.74) is 0.890. The van der Waals surface area contributed by atoms with Crippen LogP contribution in [0.2, 0.25) is 0 Å². The highest BCUT2D eigenvalue weighted by molar-refractivity contribution is 5.76. The van der Waals surface area contributed by atoms with Gasteiger partial charge in [0.2, 0.25) is 11.8 Å². The van der Waals surface area contributed by atoms with Crippen molar-refractivity contribution in [3.63, 3.8) is 0 Å². The second kappa shape index (κ2) is 9.33. The Labute approximate surface area is 114 Å². The first-order valence-corrected chi connectivity index (χ1v) is 6.69. The quantitative estimate of drug-likeness (QED) is 0.694. The van der Waals surface area contributed by atoms with Gasteiger partial charge in [-0.2, -0.15) is 0 Å². The minimum absolute atomic E-state index is 0.0289. The minimum Gasteiger partial charge on any atom is -0.477 e. The fraction of sp³-hybridized carbons (Fsp3) is 0.571. The molecule has 0 radical (unpaired) electrons. The van der Waals surface area contributed by atoms with E-state index in [0.29, 0.717) is 38.7 Å². The van der Waals surface area contributed by atoms with E-state index in [1.54, 1.807) is 6.20 Å². The van der Waals surface area contributed by atoms with Crippen molar-refractivity contribution < 1.29 is 14.3 Å². The molecule has 0 aliphatic rings. The van der Waals surface area contributed by atoms with E-state index in [9.17, 15) is 4.79 Å². The highest BCUT2D eigenvalue weighted by Gasteiger charge is 2.06. The number of hydrogen-bond acceptors (Lipinski definition) is 4. The summed E-state index contributed by atoms with van der Waals surface area (Å²) in [6, 6.07) is 3.74. The fourth-order valence-corrected chi connectivity index (χ4v) is 1.48. The number of ether oxygens (including phenoxy) is 2. The van der Waals surface area contributed by atoms with Crippen molar-refractivity contribution in [3.8, 4) is 5.88 Å². The molecule has 0 unspecified atom stereocenters. The van der Waals surface area contributed by atoms with Crippen LogP contribution < -0.4 is 10.1 Å². The number of aromatic nitrogens is 1. The normalized spacial score (nSPS) is 10.2. The summed E-state index contributed by atoms with van der Waals surface area (Å²) < 4.78 is 10.7. The molecule has 106 valence electrons. The van der Waals surface area contributed by atoms with E-state index in [0.717, 1.165) is 12.0 Å². The first-order chi connectivity index (χ1) is 9.27. The third-order valence-electron chi connectivity index (χ3n) is 2.45. The maximum absolute atomic E-state index is 11.6. The predicted octanol–water partition coefficient (Wildman–Crippen LogP) is 1.91. The SMILES string of the molecule is CCCOc1ncccc1CNC(=O)CCOCC. The standard InChI is InChI=1S/C14H22N2O3/c1-3-9-19-14-12(6-5-8-15-14)11-16-13(17)7-10-18-4-2/h5-6,8H,3-4,7,9-11H2,1-2H3,(H,16,17). The Balaban J connectivity index is 2.41.